The van der Waals surface area contributed by atoms with Crippen molar-refractivity contribution in [3.8, 4) is 5.75 Å². The van der Waals surface area contributed by atoms with E-state index in [2.05, 4.69) is 26.0 Å². The van der Waals surface area contributed by atoms with Crippen LogP contribution in [0, 0.1) is 0 Å². The minimum Gasteiger partial charge on any atom is -0.486 e. The highest BCUT2D eigenvalue weighted by Gasteiger charge is 2.23. The monoisotopic (exact) mass is 419 g/mol. The Morgan fingerprint density at radius 2 is 1.81 bits per heavy atom. The highest BCUT2D eigenvalue weighted by atomic mass is 16.5. The Kier molecular flexibility index (Phi) is 6.59. The number of amides is 1. The van der Waals surface area contributed by atoms with Gasteiger partial charge in [-0.15, -0.1) is 0 Å². The number of aromatic nitrogens is 2. The molecule has 1 fully saturated rings. The Morgan fingerprint density at radius 1 is 1.10 bits per heavy atom. The van der Waals surface area contributed by atoms with E-state index in [1.54, 1.807) is 0 Å². The second kappa shape index (κ2) is 9.54. The Hall–Kier alpha value is -2.82. The molecule has 1 amide bonds. The molecule has 31 heavy (non-hydrogen) atoms. The Morgan fingerprint density at radius 3 is 2.52 bits per heavy atom. The van der Waals surface area contributed by atoms with Gasteiger partial charge in [-0.1, -0.05) is 57.4 Å². The largest absolute Gasteiger partial charge is 0.486 e. The average Bonchev–Trinajstić information content (AvgIpc) is 3.15. The first-order valence-corrected chi connectivity index (χ1v) is 11.5. The molecule has 0 saturated heterocycles. The summed E-state index contributed by atoms with van der Waals surface area (Å²) in [6, 6.07) is 16.6. The minimum atomic E-state index is 0.137. The molecule has 1 aliphatic rings. The zero-order valence-corrected chi connectivity index (χ0v) is 18.9. The Labute approximate surface area is 185 Å². The van der Waals surface area contributed by atoms with Gasteiger partial charge in [0.15, 0.2) is 0 Å². The van der Waals surface area contributed by atoms with Crippen LogP contribution in [0.15, 0.2) is 48.5 Å². The quantitative estimate of drug-likeness (QED) is 0.506. The van der Waals surface area contributed by atoms with Crippen LogP contribution < -0.4 is 4.74 Å². The van der Waals surface area contributed by atoms with Crippen LogP contribution in [0.2, 0.25) is 0 Å². The average molecular weight is 420 g/mol. The lowest BCUT2D eigenvalue weighted by Gasteiger charge is -2.31. The molecule has 0 radical (unpaired) electrons. The summed E-state index contributed by atoms with van der Waals surface area (Å²) in [6.45, 7) is 4.98. The van der Waals surface area contributed by atoms with Gasteiger partial charge < -0.3 is 14.2 Å². The third-order valence-corrected chi connectivity index (χ3v) is 6.46. The maximum absolute atomic E-state index is 13.1. The predicted octanol–water partition coefficient (Wildman–Crippen LogP) is 5.53. The van der Waals surface area contributed by atoms with Crippen molar-refractivity contribution >= 4 is 16.9 Å². The zero-order chi connectivity index (χ0) is 21.8. The van der Waals surface area contributed by atoms with E-state index >= 15 is 0 Å². The number of carbonyl (C=O) groups is 1. The molecular formula is C26H33N3O2. The fraction of sp³-hybridized carbons (Fsp3) is 0.462. The molecule has 0 aliphatic heterocycles. The van der Waals surface area contributed by atoms with Gasteiger partial charge in [0, 0.05) is 13.1 Å². The number of carbonyl (C=O) groups excluding carboxylic acids is 1. The van der Waals surface area contributed by atoms with E-state index in [4.69, 9.17) is 9.72 Å². The molecule has 1 saturated carbocycles. The highest BCUT2D eigenvalue weighted by molar-refractivity contribution is 5.81. The van der Waals surface area contributed by atoms with Crippen molar-refractivity contribution < 1.29 is 9.53 Å². The van der Waals surface area contributed by atoms with E-state index in [1.807, 2.05) is 52.9 Å². The van der Waals surface area contributed by atoms with Crippen molar-refractivity contribution in [1.82, 2.24) is 14.5 Å². The van der Waals surface area contributed by atoms with E-state index in [1.165, 1.54) is 24.8 Å². The molecule has 5 heteroatoms. The van der Waals surface area contributed by atoms with Crippen molar-refractivity contribution in [2.75, 3.05) is 7.05 Å². The summed E-state index contributed by atoms with van der Waals surface area (Å²) in [5.74, 6) is 2.22. The van der Waals surface area contributed by atoms with E-state index in [-0.39, 0.29) is 5.91 Å². The molecule has 5 nitrogen and oxygen atoms in total. The van der Waals surface area contributed by atoms with Crippen LogP contribution in [0.5, 0.6) is 5.75 Å². The highest BCUT2D eigenvalue weighted by Crippen LogP contribution is 2.24. The first-order valence-electron chi connectivity index (χ1n) is 11.5. The van der Waals surface area contributed by atoms with Crippen LogP contribution in [0.25, 0.3) is 11.0 Å². The van der Waals surface area contributed by atoms with Crippen molar-refractivity contribution in [2.24, 2.45) is 0 Å². The molecule has 1 aromatic heterocycles. The van der Waals surface area contributed by atoms with Gasteiger partial charge in [0.1, 0.15) is 24.7 Å². The maximum atomic E-state index is 13.1. The number of imidazole rings is 1. The van der Waals surface area contributed by atoms with Crippen LogP contribution in [0.4, 0.5) is 0 Å². The van der Waals surface area contributed by atoms with E-state index in [0.29, 0.717) is 25.1 Å². The first kappa shape index (κ1) is 21.4. The number of hydrogen-bond donors (Lipinski definition) is 0. The van der Waals surface area contributed by atoms with Gasteiger partial charge in [-0.25, -0.2) is 4.98 Å². The molecule has 1 heterocycles. The molecule has 164 valence electrons. The van der Waals surface area contributed by atoms with Crippen molar-refractivity contribution in [3.63, 3.8) is 0 Å². The number of rotatable bonds is 7. The summed E-state index contributed by atoms with van der Waals surface area (Å²) in [7, 11) is 1.95. The van der Waals surface area contributed by atoms with Gasteiger partial charge in [0.05, 0.1) is 11.0 Å². The molecule has 0 spiro atoms. The van der Waals surface area contributed by atoms with Crippen molar-refractivity contribution in [3.05, 3.63) is 59.9 Å². The molecule has 1 aliphatic carbocycles. The smallest absolute Gasteiger partial charge is 0.242 e. The number of para-hydroxylation sites is 2. The van der Waals surface area contributed by atoms with Gasteiger partial charge in [0.25, 0.3) is 0 Å². The number of likely N-dealkylation sites (N-methyl/N-ethyl adjacent to an activating group) is 1. The number of fused-ring (bicyclic) bond motifs is 1. The number of ether oxygens (including phenoxy) is 1. The maximum Gasteiger partial charge on any atom is 0.242 e. The molecule has 0 atom stereocenters. The molecule has 0 bridgehead atoms. The van der Waals surface area contributed by atoms with E-state index in [9.17, 15) is 4.79 Å². The van der Waals surface area contributed by atoms with Gasteiger partial charge in [-0.3, -0.25) is 4.79 Å². The molecule has 3 aromatic rings. The SMILES string of the molecule is CC(C)c1ccc(OCc2nc3ccccc3n2CC(=O)N(C)C2CCCCC2)cc1. The fourth-order valence-electron chi connectivity index (χ4n) is 4.43. The third-order valence-electron chi connectivity index (χ3n) is 6.46. The van der Waals surface area contributed by atoms with Crippen LogP contribution in [-0.4, -0.2) is 33.4 Å². The Bertz CT molecular complexity index is 1020. The minimum absolute atomic E-state index is 0.137. The normalized spacial score (nSPS) is 14.8. The third kappa shape index (κ3) is 4.92. The van der Waals surface area contributed by atoms with Gasteiger partial charge in [-0.05, 0) is 48.6 Å². The molecule has 2 aromatic carbocycles. The van der Waals surface area contributed by atoms with Crippen LogP contribution in [0.3, 0.4) is 0 Å². The standard InChI is InChI=1S/C26H33N3O2/c1-19(2)20-13-15-22(16-14-20)31-18-25-27-23-11-7-8-12-24(23)29(25)17-26(30)28(3)21-9-5-4-6-10-21/h7-8,11-16,19,21H,4-6,9-10,17-18H2,1-3H3. The lowest BCUT2D eigenvalue weighted by Crippen LogP contribution is -2.40. The summed E-state index contributed by atoms with van der Waals surface area (Å²) >= 11 is 0. The summed E-state index contributed by atoms with van der Waals surface area (Å²) in [5, 5.41) is 0. The number of benzene rings is 2. The first-order chi connectivity index (χ1) is 15.0. The second-order valence-corrected chi connectivity index (χ2v) is 8.91. The lowest BCUT2D eigenvalue weighted by atomic mass is 9.94. The van der Waals surface area contributed by atoms with Crippen LogP contribution >= 0.6 is 0 Å². The molecular weight excluding hydrogens is 386 g/mol. The topological polar surface area (TPSA) is 47.4 Å². The summed E-state index contributed by atoms with van der Waals surface area (Å²) in [6.07, 6.45) is 5.92. The van der Waals surface area contributed by atoms with Gasteiger partial charge >= 0.3 is 0 Å². The predicted molar refractivity (Wildman–Crippen MR) is 124 cm³/mol. The van der Waals surface area contributed by atoms with Gasteiger partial charge in [0.2, 0.25) is 5.91 Å². The van der Waals surface area contributed by atoms with Crippen LogP contribution in [0.1, 0.15) is 63.3 Å². The van der Waals surface area contributed by atoms with E-state index in [0.717, 1.165) is 35.4 Å². The number of hydrogen-bond acceptors (Lipinski definition) is 3. The zero-order valence-electron chi connectivity index (χ0n) is 18.9. The lowest BCUT2D eigenvalue weighted by molar-refractivity contribution is -0.133. The summed E-state index contributed by atoms with van der Waals surface area (Å²) in [5.41, 5.74) is 3.15. The summed E-state index contributed by atoms with van der Waals surface area (Å²) < 4.78 is 8.06. The molecule has 0 unspecified atom stereocenters. The fourth-order valence-corrected chi connectivity index (χ4v) is 4.43. The van der Waals surface area contributed by atoms with Crippen LogP contribution in [-0.2, 0) is 17.9 Å². The van der Waals surface area contributed by atoms with Crippen molar-refractivity contribution in [1.29, 1.82) is 0 Å². The Balaban J connectivity index is 1.52. The molecule has 0 N–H and O–H groups in total. The van der Waals surface area contributed by atoms with Crippen molar-refractivity contribution in [2.45, 2.75) is 71.1 Å². The summed E-state index contributed by atoms with van der Waals surface area (Å²) in [4.78, 5) is 19.8. The number of nitrogens with zero attached hydrogens (tertiary/aromatic N) is 3. The molecule has 4 rings (SSSR count). The van der Waals surface area contributed by atoms with Gasteiger partial charge in [-0.2, -0.15) is 0 Å². The second-order valence-electron chi connectivity index (χ2n) is 8.91. The van der Waals surface area contributed by atoms with E-state index < -0.39 is 0 Å².